The molecular formula is C21H21NO4. The molecule has 0 aliphatic heterocycles. The Balaban J connectivity index is 1.97. The number of nitrogens with one attached hydrogen (secondary N) is 1. The molecule has 2 aromatic carbocycles. The summed E-state index contributed by atoms with van der Waals surface area (Å²) in [6, 6.07) is 16.7. The van der Waals surface area contributed by atoms with Gasteiger partial charge >= 0.3 is 11.9 Å². The fourth-order valence-electron chi connectivity index (χ4n) is 2.47. The van der Waals surface area contributed by atoms with Crippen LogP contribution in [0.4, 0.5) is 0 Å². The van der Waals surface area contributed by atoms with Gasteiger partial charge in [0.2, 0.25) is 0 Å². The Kier molecular flexibility index (Phi) is 7.41. The van der Waals surface area contributed by atoms with Gasteiger partial charge in [0.05, 0.1) is 0 Å². The molecule has 134 valence electrons. The van der Waals surface area contributed by atoms with Crippen molar-refractivity contribution in [3.05, 3.63) is 71.8 Å². The highest BCUT2D eigenvalue weighted by Crippen LogP contribution is 2.07. The highest BCUT2D eigenvalue weighted by Gasteiger charge is 2.25. The van der Waals surface area contributed by atoms with Crippen LogP contribution in [-0.2, 0) is 16.0 Å². The van der Waals surface area contributed by atoms with Crippen molar-refractivity contribution in [1.82, 2.24) is 5.32 Å². The number of carboxylic acid groups (broad SMARTS) is 2. The van der Waals surface area contributed by atoms with Gasteiger partial charge in [0.25, 0.3) is 0 Å². The first-order valence-corrected chi connectivity index (χ1v) is 8.36. The standard InChI is InChI=1S/C21H21NO4/c23-20(24)18(13-7-12-16-8-3-1-4-9-16)22-19(21(25)26)15-14-17-10-5-2-6-11-17/h1-6,8-11,18-19,22H,13-15H2,(H,23,24)(H,25,26)/t18-,19+/m0/s1. The lowest BCUT2D eigenvalue weighted by Gasteiger charge is -2.19. The molecule has 0 heterocycles. The summed E-state index contributed by atoms with van der Waals surface area (Å²) >= 11 is 0. The Morgan fingerprint density at radius 3 is 2.04 bits per heavy atom. The van der Waals surface area contributed by atoms with Crippen molar-refractivity contribution in [2.24, 2.45) is 0 Å². The highest BCUT2D eigenvalue weighted by atomic mass is 16.4. The lowest BCUT2D eigenvalue weighted by molar-refractivity contribution is -0.142. The molecule has 2 rings (SSSR count). The number of aliphatic carboxylic acids is 2. The molecule has 0 radical (unpaired) electrons. The number of carboxylic acids is 2. The fourth-order valence-corrected chi connectivity index (χ4v) is 2.47. The van der Waals surface area contributed by atoms with Crippen molar-refractivity contribution in [3.8, 4) is 11.8 Å². The van der Waals surface area contributed by atoms with E-state index in [2.05, 4.69) is 17.2 Å². The van der Waals surface area contributed by atoms with Crippen molar-refractivity contribution in [3.63, 3.8) is 0 Å². The van der Waals surface area contributed by atoms with E-state index < -0.39 is 24.0 Å². The number of benzene rings is 2. The first-order chi connectivity index (χ1) is 12.6. The SMILES string of the molecule is O=C(O)[C@H](CC#Cc1ccccc1)N[C@H](CCc1ccccc1)C(=O)O. The number of carbonyl (C=O) groups is 2. The van der Waals surface area contributed by atoms with Gasteiger partial charge in [-0.3, -0.25) is 14.9 Å². The lowest BCUT2D eigenvalue weighted by atomic mass is 10.0. The molecule has 0 aromatic heterocycles. The maximum Gasteiger partial charge on any atom is 0.321 e. The second-order valence-corrected chi connectivity index (χ2v) is 5.84. The Hall–Kier alpha value is -3.10. The maximum atomic E-state index is 11.5. The number of aryl methyl sites for hydroxylation is 1. The number of hydrogen-bond donors (Lipinski definition) is 3. The molecule has 26 heavy (non-hydrogen) atoms. The first-order valence-electron chi connectivity index (χ1n) is 8.36. The Labute approximate surface area is 152 Å². The van der Waals surface area contributed by atoms with Gasteiger partial charge in [0.15, 0.2) is 0 Å². The second-order valence-electron chi connectivity index (χ2n) is 5.84. The van der Waals surface area contributed by atoms with Gasteiger partial charge in [-0.2, -0.15) is 0 Å². The van der Waals surface area contributed by atoms with Gasteiger partial charge in [0, 0.05) is 12.0 Å². The lowest BCUT2D eigenvalue weighted by Crippen LogP contribution is -2.47. The summed E-state index contributed by atoms with van der Waals surface area (Å²) in [5, 5.41) is 21.5. The molecule has 5 nitrogen and oxygen atoms in total. The fraction of sp³-hybridized carbons (Fsp3) is 0.238. The molecule has 0 fully saturated rings. The molecular weight excluding hydrogens is 330 g/mol. The molecule has 0 spiro atoms. The Bertz CT molecular complexity index is 778. The van der Waals surface area contributed by atoms with Crippen molar-refractivity contribution in [2.75, 3.05) is 0 Å². The van der Waals surface area contributed by atoms with Crippen LogP contribution in [-0.4, -0.2) is 34.2 Å². The zero-order valence-corrected chi connectivity index (χ0v) is 14.3. The van der Waals surface area contributed by atoms with Crippen LogP contribution < -0.4 is 5.32 Å². The monoisotopic (exact) mass is 351 g/mol. The van der Waals surface area contributed by atoms with Crippen molar-refractivity contribution >= 4 is 11.9 Å². The van der Waals surface area contributed by atoms with Gasteiger partial charge in [-0.05, 0) is 30.5 Å². The molecule has 3 N–H and O–H groups in total. The van der Waals surface area contributed by atoms with Crippen LogP contribution in [0.15, 0.2) is 60.7 Å². The molecule has 2 aromatic rings. The zero-order valence-electron chi connectivity index (χ0n) is 14.3. The molecule has 0 saturated heterocycles. The number of hydrogen-bond acceptors (Lipinski definition) is 3. The van der Waals surface area contributed by atoms with Crippen LogP contribution in [0, 0.1) is 11.8 Å². The molecule has 0 amide bonds. The van der Waals surface area contributed by atoms with Gasteiger partial charge in [-0.25, -0.2) is 0 Å². The molecule has 0 unspecified atom stereocenters. The Morgan fingerprint density at radius 1 is 0.885 bits per heavy atom. The van der Waals surface area contributed by atoms with E-state index in [1.165, 1.54) is 0 Å². The second kappa shape index (κ2) is 10.0. The largest absolute Gasteiger partial charge is 0.480 e. The third-order valence-corrected chi connectivity index (χ3v) is 3.88. The Morgan fingerprint density at radius 2 is 1.46 bits per heavy atom. The first kappa shape index (κ1) is 19.2. The van der Waals surface area contributed by atoms with Crippen LogP contribution in [0.25, 0.3) is 0 Å². The van der Waals surface area contributed by atoms with E-state index in [9.17, 15) is 19.8 Å². The zero-order chi connectivity index (χ0) is 18.8. The van der Waals surface area contributed by atoms with E-state index in [1.54, 1.807) is 0 Å². The summed E-state index contributed by atoms with van der Waals surface area (Å²) in [6.07, 6.45) is 0.876. The predicted octanol–water partition coefficient (Wildman–Crippen LogP) is 2.56. The van der Waals surface area contributed by atoms with E-state index in [0.29, 0.717) is 12.8 Å². The summed E-state index contributed by atoms with van der Waals surface area (Å²) in [4.78, 5) is 22.9. The summed E-state index contributed by atoms with van der Waals surface area (Å²) < 4.78 is 0. The minimum Gasteiger partial charge on any atom is -0.480 e. The topological polar surface area (TPSA) is 86.6 Å². The van der Waals surface area contributed by atoms with E-state index >= 15 is 0 Å². The van der Waals surface area contributed by atoms with Gasteiger partial charge in [-0.1, -0.05) is 60.4 Å². The molecule has 0 saturated carbocycles. The van der Waals surface area contributed by atoms with Crippen molar-refractivity contribution < 1.29 is 19.8 Å². The summed E-state index contributed by atoms with van der Waals surface area (Å²) in [7, 11) is 0. The molecule has 5 heteroatoms. The average Bonchev–Trinajstić information content (AvgIpc) is 2.65. The van der Waals surface area contributed by atoms with Crippen LogP contribution in [0.5, 0.6) is 0 Å². The average molecular weight is 351 g/mol. The van der Waals surface area contributed by atoms with E-state index in [0.717, 1.165) is 11.1 Å². The highest BCUT2D eigenvalue weighted by molar-refractivity contribution is 5.77. The van der Waals surface area contributed by atoms with Gasteiger partial charge < -0.3 is 10.2 Å². The van der Waals surface area contributed by atoms with Crippen molar-refractivity contribution in [2.45, 2.75) is 31.3 Å². The van der Waals surface area contributed by atoms with E-state index in [-0.39, 0.29) is 6.42 Å². The molecule has 2 atom stereocenters. The van der Waals surface area contributed by atoms with Gasteiger partial charge in [0.1, 0.15) is 12.1 Å². The third kappa shape index (κ3) is 6.42. The van der Waals surface area contributed by atoms with Crippen LogP contribution in [0.3, 0.4) is 0 Å². The molecule has 0 aliphatic rings. The minimum atomic E-state index is -1.11. The van der Waals surface area contributed by atoms with Crippen LogP contribution in [0.1, 0.15) is 24.0 Å². The quantitative estimate of drug-likeness (QED) is 0.636. The van der Waals surface area contributed by atoms with Crippen molar-refractivity contribution in [1.29, 1.82) is 0 Å². The predicted molar refractivity (Wildman–Crippen MR) is 98.7 cm³/mol. The molecule has 0 aliphatic carbocycles. The van der Waals surface area contributed by atoms with E-state index in [1.807, 2.05) is 60.7 Å². The van der Waals surface area contributed by atoms with Crippen LogP contribution >= 0.6 is 0 Å². The minimum absolute atomic E-state index is 0.0271. The van der Waals surface area contributed by atoms with Crippen LogP contribution in [0.2, 0.25) is 0 Å². The smallest absolute Gasteiger partial charge is 0.321 e. The van der Waals surface area contributed by atoms with Gasteiger partial charge in [-0.15, -0.1) is 0 Å². The van der Waals surface area contributed by atoms with E-state index in [4.69, 9.17) is 0 Å². The summed E-state index contributed by atoms with van der Waals surface area (Å²) in [5.41, 5.74) is 1.80. The third-order valence-electron chi connectivity index (χ3n) is 3.88. The maximum absolute atomic E-state index is 11.5. The normalized spacial score (nSPS) is 12.5. The number of rotatable bonds is 8. The molecule has 0 bridgehead atoms. The summed E-state index contributed by atoms with van der Waals surface area (Å²) in [6.45, 7) is 0. The summed E-state index contributed by atoms with van der Waals surface area (Å²) in [5.74, 6) is 3.53.